The fraction of sp³-hybridized carbons (Fsp3) is 0.250. The Morgan fingerprint density at radius 1 is 1.10 bits per heavy atom. The highest BCUT2D eigenvalue weighted by atomic mass is 16.2. The molecule has 1 fully saturated rings. The summed E-state index contributed by atoms with van der Waals surface area (Å²) < 4.78 is 0. The van der Waals surface area contributed by atoms with Gasteiger partial charge in [0.25, 0.3) is 5.91 Å². The fourth-order valence-electron chi connectivity index (χ4n) is 3.42. The van der Waals surface area contributed by atoms with Crippen molar-refractivity contribution in [1.29, 1.82) is 0 Å². The zero-order valence-corrected chi connectivity index (χ0v) is 16.1. The maximum atomic E-state index is 12.9. The summed E-state index contributed by atoms with van der Waals surface area (Å²) in [5, 5.41) is 4.26. The molecule has 3 heterocycles. The van der Waals surface area contributed by atoms with Crippen LogP contribution < -0.4 is 5.43 Å². The summed E-state index contributed by atoms with van der Waals surface area (Å²) in [4.78, 5) is 38.3. The van der Waals surface area contributed by atoms with Gasteiger partial charge >= 0.3 is 6.03 Å². The van der Waals surface area contributed by atoms with E-state index >= 15 is 0 Å². The van der Waals surface area contributed by atoms with Gasteiger partial charge in [0.1, 0.15) is 0 Å². The first-order valence-corrected chi connectivity index (χ1v) is 9.18. The van der Waals surface area contributed by atoms with Crippen molar-refractivity contribution in [2.75, 3.05) is 14.1 Å². The Balaban J connectivity index is 1.62. The normalized spacial score (nSPS) is 21.6. The first kappa shape index (κ1) is 18.6. The number of nitrogens with one attached hydrogen (secondary N) is 1. The van der Waals surface area contributed by atoms with E-state index < -0.39 is 12.2 Å². The molecule has 0 bridgehead atoms. The quantitative estimate of drug-likeness (QED) is 0.622. The molecule has 0 saturated carbocycles. The number of hydrogen-bond acceptors (Lipinski definition) is 7. The van der Waals surface area contributed by atoms with Crippen molar-refractivity contribution in [3.8, 4) is 0 Å². The molecular weight excluding hydrogens is 370 g/mol. The highest BCUT2D eigenvalue weighted by molar-refractivity contribution is 6.03. The van der Waals surface area contributed by atoms with Gasteiger partial charge in [-0.3, -0.25) is 14.7 Å². The molecule has 2 unspecified atom stereocenters. The van der Waals surface area contributed by atoms with Crippen LogP contribution in [0.15, 0.2) is 65.0 Å². The number of hydrogen-bond donors (Lipinski definition) is 1. The molecule has 1 saturated heterocycles. The zero-order chi connectivity index (χ0) is 20.4. The van der Waals surface area contributed by atoms with Gasteiger partial charge in [0.2, 0.25) is 5.96 Å². The number of carbonyl (C=O) groups is 2. The lowest BCUT2D eigenvalue weighted by atomic mass is 10.1. The molecule has 3 amide bonds. The summed E-state index contributed by atoms with van der Waals surface area (Å²) in [5.74, 6) is 0.158. The number of carbonyl (C=O) groups excluding carboxylic acids is 2. The van der Waals surface area contributed by atoms with Crippen molar-refractivity contribution in [3.05, 3.63) is 66.0 Å². The molecule has 4 rings (SSSR count). The fourth-order valence-corrected chi connectivity index (χ4v) is 3.42. The van der Waals surface area contributed by atoms with Crippen LogP contribution in [0.25, 0.3) is 0 Å². The van der Waals surface area contributed by atoms with Gasteiger partial charge < -0.3 is 9.80 Å². The van der Waals surface area contributed by atoms with Crippen LogP contribution in [-0.4, -0.2) is 70.1 Å². The van der Waals surface area contributed by atoms with Gasteiger partial charge in [-0.2, -0.15) is 5.10 Å². The highest BCUT2D eigenvalue weighted by Gasteiger charge is 2.51. The average molecular weight is 391 g/mol. The van der Waals surface area contributed by atoms with E-state index in [4.69, 9.17) is 0 Å². The first-order chi connectivity index (χ1) is 14.1. The number of aliphatic imine (C=N–C) groups is 1. The van der Waals surface area contributed by atoms with E-state index in [1.54, 1.807) is 25.7 Å². The summed E-state index contributed by atoms with van der Waals surface area (Å²) in [5.41, 5.74) is 4.84. The Bertz CT molecular complexity index is 961. The number of pyridine rings is 1. The van der Waals surface area contributed by atoms with Gasteiger partial charge in [0.15, 0.2) is 12.2 Å². The SMILES string of the molecule is CN1C(=O)C2C(N=C(N/N=C/c3ccncc3)N2Cc2ccccc2)N(C)C1=O. The summed E-state index contributed by atoms with van der Waals surface area (Å²) >= 11 is 0. The number of fused-ring (bicyclic) bond motifs is 1. The van der Waals surface area contributed by atoms with Crippen LogP contribution in [-0.2, 0) is 11.3 Å². The minimum Gasteiger partial charge on any atom is -0.321 e. The molecule has 9 nitrogen and oxygen atoms in total. The Kier molecular flexibility index (Phi) is 4.94. The van der Waals surface area contributed by atoms with Crippen LogP contribution in [0.3, 0.4) is 0 Å². The Labute approximate surface area is 168 Å². The molecule has 0 radical (unpaired) electrons. The number of likely N-dealkylation sites (N-methyl/N-ethyl adjacent to an activating group) is 2. The minimum atomic E-state index is -0.610. The lowest BCUT2D eigenvalue weighted by Gasteiger charge is -2.39. The molecule has 2 atom stereocenters. The third kappa shape index (κ3) is 3.54. The van der Waals surface area contributed by atoms with E-state index in [0.717, 1.165) is 16.0 Å². The van der Waals surface area contributed by atoms with E-state index in [2.05, 4.69) is 20.5 Å². The average Bonchev–Trinajstić information content (AvgIpc) is 3.10. The van der Waals surface area contributed by atoms with E-state index in [1.807, 2.05) is 47.4 Å². The van der Waals surface area contributed by atoms with Crippen LogP contribution in [0.5, 0.6) is 0 Å². The smallest absolute Gasteiger partial charge is 0.321 e. The first-order valence-electron chi connectivity index (χ1n) is 9.18. The Hall–Kier alpha value is -3.75. The molecule has 2 aliphatic rings. The summed E-state index contributed by atoms with van der Waals surface area (Å²) in [6, 6.07) is 12.5. The number of imide groups is 1. The third-order valence-corrected chi connectivity index (χ3v) is 4.99. The molecule has 2 aromatic rings. The topological polar surface area (TPSA) is 93.5 Å². The van der Waals surface area contributed by atoms with E-state index in [-0.39, 0.29) is 11.9 Å². The Morgan fingerprint density at radius 3 is 2.55 bits per heavy atom. The maximum Gasteiger partial charge on any atom is 0.328 e. The van der Waals surface area contributed by atoms with Gasteiger partial charge in [-0.15, -0.1) is 0 Å². The van der Waals surface area contributed by atoms with Gasteiger partial charge in [-0.05, 0) is 23.3 Å². The second-order valence-corrected chi connectivity index (χ2v) is 6.87. The van der Waals surface area contributed by atoms with Crippen LogP contribution >= 0.6 is 0 Å². The molecule has 1 aromatic carbocycles. The molecule has 29 heavy (non-hydrogen) atoms. The summed E-state index contributed by atoms with van der Waals surface area (Å²) in [6.07, 6.45) is 4.41. The van der Waals surface area contributed by atoms with Gasteiger partial charge in [-0.1, -0.05) is 30.3 Å². The molecule has 148 valence electrons. The van der Waals surface area contributed by atoms with Crippen molar-refractivity contribution in [3.63, 3.8) is 0 Å². The predicted molar refractivity (Wildman–Crippen MR) is 108 cm³/mol. The molecule has 2 aliphatic heterocycles. The van der Waals surface area contributed by atoms with Gasteiger partial charge in [0.05, 0.1) is 6.21 Å². The number of urea groups is 1. The lowest BCUT2D eigenvalue weighted by Crippen LogP contribution is -2.64. The molecule has 0 spiro atoms. The Morgan fingerprint density at radius 2 is 1.83 bits per heavy atom. The van der Waals surface area contributed by atoms with Crippen molar-refractivity contribution < 1.29 is 9.59 Å². The number of rotatable bonds is 4. The highest BCUT2D eigenvalue weighted by Crippen LogP contribution is 2.27. The monoisotopic (exact) mass is 391 g/mol. The summed E-state index contributed by atoms with van der Waals surface area (Å²) in [7, 11) is 3.14. The standard InChI is InChI=1S/C20H21N7O2/c1-25-17-16(18(28)26(2)20(25)29)27(13-15-6-4-3-5-7-15)19(23-17)24-22-12-14-8-10-21-11-9-14/h3-12,16-17H,13H2,1-2H3,(H,23,24)/b22-12+. The van der Waals surface area contributed by atoms with Crippen LogP contribution in [0.4, 0.5) is 4.79 Å². The number of benzene rings is 1. The summed E-state index contributed by atoms with van der Waals surface area (Å²) in [6.45, 7) is 0.459. The number of amides is 3. The van der Waals surface area contributed by atoms with Gasteiger partial charge in [0, 0.05) is 33.0 Å². The van der Waals surface area contributed by atoms with Crippen molar-refractivity contribution in [2.24, 2.45) is 10.1 Å². The molecule has 1 aromatic heterocycles. The van der Waals surface area contributed by atoms with E-state index in [0.29, 0.717) is 12.5 Å². The number of aromatic nitrogens is 1. The van der Waals surface area contributed by atoms with Crippen molar-refractivity contribution >= 4 is 24.1 Å². The second kappa shape index (κ2) is 7.70. The lowest BCUT2D eigenvalue weighted by molar-refractivity contribution is -0.136. The molecule has 0 aliphatic carbocycles. The van der Waals surface area contributed by atoms with E-state index in [1.165, 1.54) is 11.9 Å². The minimum absolute atomic E-state index is 0.285. The zero-order valence-electron chi connectivity index (χ0n) is 16.1. The third-order valence-electron chi connectivity index (χ3n) is 4.99. The second-order valence-electron chi connectivity index (χ2n) is 6.87. The predicted octanol–water partition coefficient (Wildman–Crippen LogP) is 1.10. The molecule has 9 heteroatoms. The molecular formula is C20H21N7O2. The molecule has 1 N–H and O–H groups in total. The number of hydrazone groups is 1. The van der Waals surface area contributed by atoms with Crippen LogP contribution in [0.1, 0.15) is 11.1 Å². The number of nitrogens with zero attached hydrogens (tertiary/aromatic N) is 6. The van der Waals surface area contributed by atoms with Crippen molar-refractivity contribution in [2.45, 2.75) is 18.8 Å². The number of guanidine groups is 1. The van der Waals surface area contributed by atoms with Crippen molar-refractivity contribution in [1.82, 2.24) is 25.1 Å². The van der Waals surface area contributed by atoms with Gasteiger partial charge in [-0.25, -0.2) is 15.2 Å². The largest absolute Gasteiger partial charge is 0.328 e. The van der Waals surface area contributed by atoms with Crippen LogP contribution in [0, 0.1) is 0 Å². The van der Waals surface area contributed by atoms with Crippen LogP contribution in [0.2, 0.25) is 0 Å². The van der Waals surface area contributed by atoms with E-state index in [9.17, 15) is 9.59 Å². The maximum absolute atomic E-state index is 12.9.